The molecular weight excluding hydrogens is 198 g/mol. The molecular formula is C14H27NO. The molecule has 2 rings (SSSR count). The predicted octanol–water partition coefficient (Wildman–Crippen LogP) is 3.11. The van der Waals surface area contributed by atoms with E-state index in [9.17, 15) is 0 Å². The Kier molecular flexibility index (Phi) is 4.66. The van der Waals surface area contributed by atoms with Gasteiger partial charge >= 0.3 is 0 Å². The zero-order valence-electron chi connectivity index (χ0n) is 10.9. The molecule has 0 spiro atoms. The van der Waals surface area contributed by atoms with Crippen molar-refractivity contribution in [3.63, 3.8) is 0 Å². The second-order valence-corrected chi connectivity index (χ2v) is 5.55. The van der Waals surface area contributed by atoms with E-state index in [0.717, 1.165) is 18.6 Å². The van der Waals surface area contributed by atoms with Crippen LogP contribution >= 0.6 is 0 Å². The van der Waals surface area contributed by atoms with Crippen molar-refractivity contribution < 1.29 is 4.74 Å². The molecule has 0 bridgehead atoms. The minimum atomic E-state index is 0.414. The lowest BCUT2D eigenvalue weighted by Gasteiger charge is -2.33. The summed E-state index contributed by atoms with van der Waals surface area (Å²) >= 11 is 0. The zero-order valence-corrected chi connectivity index (χ0v) is 10.9. The summed E-state index contributed by atoms with van der Waals surface area (Å²) in [6, 6.07) is 1.33. The Morgan fingerprint density at radius 3 is 2.50 bits per heavy atom. The van der Waals surface area contributed by atoms with Gasteiger partial charge in [0.25, 0.3) is 0 Å². The molecule has 0 aromatic heterocycles. The second-order valence-electron chi connectivity index (χ2n) is 5.55. The number of ether oxygens (including phenoxy) is 1. The average molecular weight is 225 g/mol. The van der Waals surface area contributed by atoms with Crippen molar-refractivity contribution in [3.05, 3.63) is 0 Å². The number of hydrogen-bond acceptors (Lipinski definition) is 2. The Balaban J connectivity index is 1.83. The van der Waals surface area contributed by atoms with Crippen molar-refractivity contribution in [2.45, 2.75) is 77.0 Å². The van der Waals surface area contributed by atoms with Crippen molar-refractivity contribution in [2.24, 2.45) is 5.92 Å². The van der Waals surface area contributed by atoms with Gasteiger partial charge in [0, 0.05) is 18.7 Å². The maximum atomic E-state index is 5.64. The predicted molar refractivity (Wildman–Crippen MR) is 67.6 cm³/mol. The summed E-state index contributed by atoms with van der Waals surface area (Å²) in [5, 5.41) is 3.86. The van der Waals surface area contributed by atoms with Crippen LogP contribution in [-0.2, 0) is 4.74 Å². The van der Waals surface area contributed by atoms with E-state index in [0.29, 0.717) is 12.1 Å². The number of hydrogen-bond donors (Lipinski definition) is 1. The quantitative estimate of drug-likeness (QED) is 0.794. The van der Waals surface area contributed by atoms with Gasteiger partial charge < -0.3 is 10.1 Å². The van der Waals surface area contributed by atoms with Gasteiger partial charge in [0.05, 0.1) is 6.10 Å². The third-order valence-corrected chi connectivity index (χ3v) is 4.46. The molecule has 2 heteroatoms. The van der Waals surface area contributed by atoms with E-state index < -0.39 is 0 Å². The maximum absolute atomic E-state index is 5.64. The first-order valence-corrected chi connectivity index (χ1v) is 7.19. The SMILES string of the molecule is CCC(NC1CCOC1C)C1CCCCC1. The van der Waals surface area contributed by atoms with Gasteiger partial charge in [-0.2, -0.15) is 0 Å². The Morgan fingerprint density at radius 1 is 1.19 bits per heavy atom. The largest absolute Gasteiger partial charge is 0.377 e. The van der Waals surface area contributed by atoms with E-state index in [4.69, 9.17) is 4.74 Å². The number of nitrogens with one attached hydrogen (secondary N) is 1. The highest BCUT2D eigenvalue weighted by molar-refractivity contribution is 4.86. The van der Waals surface area contributed by atoms with Crippen molar-refractivity contribution in [3.8, 4) is 0 Å². The molecule has 0 aromatic rings. The normalized spacial score (nSPS) is 34.1. The van der Waals surface area contributed by atoms with Crippen LogP contribution in [-0.4, -0.2) is 24.8 Å². The molecule has 1 saturated heterocycles. The van der Waals surface area contributed by atoms with Crippen LogP contribution in [0.25, 0.3) is 0 Å². The molecule has 2 fully saturated rings. The summed E-state index contributed by atoms with van der Waals surface area (Å²) in [7, 11) is 0. The third kappa shape index (κ3) is 2.98. The van der Waals surface area contributed by atoms with Crippen molar-refractivity contribution in [1.82, 2.24) is 5.32 Å². The summed E-state index contributed by atoms with van der Waals surface area (Å²) in [5.74, 6) is 0.923. The monoisotopic (exact) mass is 225 g/mol. The van der Waals surface area contributed by atoms with Gasteiger partial charge in [-0.25, -0.2) is 0 Å². The highest BCUT2D eigenvalue weighted by atomic mass is 16.5. The van der Waals surface area contributed by atoms with Crippen LogP contribution in [0.1, 0.15) is 58.8 Å². The Labute approximate surface area is 100 Å². The first kappa shape index (κ1) is 12.4. The molecule has 2 nitrogen and oxygen atoms in total. The van der Waals surface area contributed by atoms with Crippen molar-refractivity contribution >= 4 is 0 Å². The van der Waals surface area contributed by atoms with Gasteiger partial charge in [-0.05, 0) is 38.5 Å². The molecule has 0 aromatic carbocycles. The molecule has 1 heterocycles. The van der Waals surface area contributed by atoms with Crippen LogP contribution in [0.3, 0.4) is 0 Å². The first-order chi connectivity index (χ1) is 7.81. The second kappa shape index (κ2) is 6.02. The van der Waals surface area contributed by atoms with Crippen LogP contribution in [0.4, 0.5) is 0 Å². The molecule has 1 aliphatic heterocycles. The fourth-order valence-electron chi connectivity index (χ4n) is 3.35. The topological polar surface area (TPSA) is 21.3 Å². The van der Waals surface area contributed by atoms with E-state index in [2.05, 4.69) is 19.2 Å². The van der Waals surface area contributed by atoms with E-state index in [1.165, 1.54) is 44.9 Å². The van der Waals surface area contributed by atoms with Crippen LogP contribution in [0, 0.1) is 5.92 Å². The van der Waals surface area contributed by atoms with Crippen LogP contribution < -0.4 is 5.32 Å². The first-order valence-electron chi connectivity index (χ1n) is 7.19. The van der Waals surface area contributed by atoms with Gasteiger partial charge in [-0.1, -0.05) is 26.2 Å². The molecule has 0 radical (unpaired) electrons. The number of rotatable bonds is 4. The van der Waals surface area contributed by atoms with Crippen molar-refractivity contribution in [1.29, 1.82) is 0 Å². The molecule has 1 saturated carbocycles. The molecule has 1 aliphatic carbocycles. The molecule has 2 aliphatic rings. The van der Waals surface area contributed by atoms with E-state index >= 15 is 0 Å². The van der Waals surface area contributed by atoms with E-state index in [1.54, 1.807) is 0 Å². The smallest absolute Gasteiger partial charge is 0.0700 e. The molecule has 3 atom stereocenters. The average Bonchev–Trinajstić information content (AvgIpc) is 2.73. The molecule has 0 amide bonds. The minimum absolute atomic E-state index is 0.414. The lowest BCUT2D eigenvalue weighted by molar-refractivity contribution is 0.106. The van der Waals surface area contributed by atoms with Crippen LogP contribution in [0.5, 0.6) is 0 Å². The van der Waals surface area contributed by atoms with Crippen molar-refractivity contribution in [2.75, 3.05) is 6.61 Å². The maximum Gasteiger partial charge on any atom is 0.0700 e. The fraction of sp³-hybridized carbons (Fsp3) is 1.00. The highest BCUT2D eigenvalue weighted by Crippen LogP contribution is 2.28. The minimum Gasteiger partial charge on any atom is -0.377 e. The van der Waals surface area contributed by atoms with E-state index in [-0.39, 0.29) is 0 Å². The summed E-state index contributed by atoms with van der Waals surface area (Å²) in [4.78, 5) is 0. The summed E-state index contributed by atoms with van der Waals surface area (Å²) in [6.07, 6.45) is 10.1. The lowest BCUT2D eigenvalue weighted by atomic mass is 9.82. The Morgan fingerprint density at radius 2 is 1.94 bits per heavy atom. The van der Waals surface area contributed by atoms with Crippen LogP contribution in [0.15, 0.2) is 0 Å². The van der Waals surface area contributed by atoms with Gasteiger partial charge in [0.1, 0.15) is 0 Å². The Bertz CT molecular complexity index is 201. The van der Waals surface area contributed by atoms with Gasteiger partial charge in [-0.15, -0.1) is 0 Å². The molecule has 3 unspecified atom stereocenters. The standard InChI is InChI=1S/C14H27NO/c1-3-13(12-7-5-4-6-8-12)15-14-9-10-16-11(14)2/h11-15H,3-10H2,1-2H3. The van der Waals surface area contributed by atoms with Gasteiger partial charge in [0.15, 0.2) is 0 Å². The summed E-state index contributed by atoms with van der Waals surface area (Å²) in [5.41, 5.74) is 0. The summed E-state index contributed by atoms with van der Waals surface area (Å²) in [6.45, 7) is 5.48. The van der Waals surface area contributed by atoms with Gasteiger partial charge in [0.2, 0.25) is 0 Å². The van der Waals surface area contributed by atoms with Crippen LogP contribution in [0.2, 0.25) is 0 Å². The molecule has 94 valence electrons. The summed E-state index contributed by atoms with van der Waals surface area (Å²) < 4.78 is 5.64. The zero-order chi connectivity index (χ0) is 11.4. The van der Waals surface area contributed by atoms with E-state index in [1.807, 2.05) is 0 Å². The lowest BCUT2D eigenvalue weighted by Crippen LogP contribution is -2.45. The van der Waals surface area contributed by atoms with Gasteiger partial charge in [-0.3, -0.25) is 0 Å². The fourth-order valence-corrected chi connectivity index (χ4v) is 3.35. The third-order valence-electron chi connectivity index (χ3n) is 4.46. The Hall–Kier alpha value is -0.0800. The highest BCUT2D eigenvalue weighted by Gasteiger charge is 2.29. The molecule has 16 heavy (non-hydrogen) atoms. The molecule has 1 N–H and O–H groups in total.